The maximum Gasteiger partial charge on any atom is 0.0795 e. The summed E-state index contributed by atoms with van der Waals surface area (Å²) < 4.78 is 0. The average molecular weight is 306 g/mol. The number of hydrogen-bond donors (Lipinski definition) is 0. The number of benzene rings is 2. The summed E-state index contributed by atoms with van der Waals surface area (Å²) in [5, 5.41) is 7.09. The molecule has 24 heavy (non-hydrogen) atoms. The standard InChI is InChI=1S/C22H14N2/c1-3-7-19-13(5-1)15-9-11-18-17(21(15)23-19)12-10-16-14-6-2-4-8-20(14)24-22(16)18/h1-2,5-12H,3-4H2. The molecule has 2 aromatic carbocycles. The van der Waals surface area contributed by atoms with E-state index in [-0.39, 0.29) is 0 Å². The fraction of sp³-hybridized carbons (Fsp3) is 0.0909. The Morgan fingerprint density at radius 1 is 0.625 bits per heavy atom. The van der Waals surface area contributed by atoms with Gasteiger partial charge in [0.15, 0.2) is 0 Å². The quantitative estimate of drug-likeness (QED) is 0.712. The van der Waals surface area contributed by atoms with Crippen LogP contribution in [0, 0.1) is 0 Å². The van der Waals surface area contributed by atoms with E-state index in [4.69, 9.17) is 9.98 Å². The normalized spacial score (nSPS) is 19.2. The van der Waals surface area contributed by atoms with E-state index in [1.807, 2.05) is 0 Å². The van der Waals surface area contributed by atoms with Crippen molar-refractivity contribution in [3.8, 4) is 0 Å². The van der Waals surface area contributed by atoms with Crippen molar-refractivity contribution in [2.75, 3.05) is 0 Å². The van der Waals surface area contributed by atoms with Crippen LogP contribution in [0.1, 0.15) is 12.8 Å². The van der Waals surface area contributed by atoms with Gasteiger partial charge in [-0.25, -0.2) is 9.98 Å². The van der Waals surface area contributed by atoms with Gasteiger partial charge >= 0.3 is 0 Å². The smallest absolute Gasteiger partial charge is 0.0795 e. The fourth-order valence-corrected chi connectivity index (χ4v) is 4.08. The van der Waals surface area contributed by atoms with Crippen LogP contribution in [-0.2, 0) is 0 Å². The molecule has 0 amide bonds. The third-order valence-corrected chi connectivity index (χ3v) is 5.20. The Hall–Kier alpha value is -3.00. The van der Waals surface area contributed by atoms with Crippen LogP contribution >= 0.6 is 0 Å². The molecule has 0 spiro atoms. The van der Waals surface area contributed by atoms with Gasteiger partial charge in [0, 0.05) is 32.4 Å². The molecule has 0 fully saturated rings. The molecular weight excluding hydrogens is 292 g/mol. The minimum atomic E-state index is 0.970. The van der Waals surface area contributed by atoms with Crippen LogP contribution in [0.3, 0.4) is 0 Å². The van der Waals surface area contributed by atoms with E-state index in [1.54, 1.807) is 0 Å². The predicted molar refractivity (Wildman–Crippen MR) is 96.0 cm³/mol. The molecular formula is C22H14N2. The van der Waals surface area contributed by atoms with Gasteiger partial charge in [-0.05, 0) is 12.8 Å². The van der Waals surface area contributed by atoms with E-state index in [0.29, 0.717) is 0 Å². The molecule has 0 radical (unpaired) electrons. The van der Waals surface area contributed by atoms with Gasteiger partial charge in [0.05, 0.1) is 22.1 Å². The molecule has 0 bridgehead atoms. The van der Waals surface area contributed by atoms with E-state index < -0.39 is 0 Å². The highest BCUT2D eigenvalue weighted by Gasteiger charge is 2.17. The monoisotopic (exact) mass is 306 g/mol. The highest BCUT2D eigenvalue weighted by Crippen LogP contribution is 2.23. The average Bonchev–Trinajstić information content (AvgIpc) is 3.20. The van der Waals surface area contributed by atoms with E-state index in [9.17, 15) is 0 Å². The molecule has 6 rings (SSSR count). The Labute approximate surface area is 138 Å². The number of fused-ring (bicyclic) bond motifs is 7. The molecule has 2 heterocycles. The van der Waals surface area contributed by atoms with Crippen molar-refractivity contribution in [2.24, 2.45) is 9.98 Å². The van der Waals surface area contributed by atoms with Crippen molar-refractivity contribution in [2.45, 2.75) is 12.8 Å². The van der Waals surface area contributed by atoms with Crippen LogP contribution in [-0.4, -0.2) is 0 Å². The summed E-state index contributed by atoms with van der Waals surface area (Å²) in [7, 11) is 0. The van der Waals surface area contributed by atoms with Gasteiger partial charge in [0.25, 0.3) is 0 Å². The van der Waals surface area contributed by atoms with Crippen LogP contribution in [0.25, 0.3) is 21.9 Å². The SMILES string of the molecule is C1=CC2=c3ccc4c5c(ccc4c3=NC2=CC1)=C1C=CCC=C1N=5. The second kappa shape index (κ2) is 4.30. The largest absolute Gasteiger partial charge is 0.247 e. The summed E-state index contributed by atoms with van der Waals surface area (Å²) in [5.74, 6) is 0. The Bertz CT molecular complexity index is 1220. The summed E-state index contributed by atoms with van der Waals surface area (Å²) in [5.41, 5.74) is 4.74. The van der Waals surface area contributed by atoms with E-state index >= 15 is 0 Å². The van der Waals surface area contributed by atoms with E-state index in [2.05, 4.69) is 60.7 Å². The van der Waals surface area contributed by atoms with Crippen molar-refractivity contribution < 1.29 is 0 Å². The van der Waals surface area contributed by atoms with Gasteiger partial charge in [-0.1, -0.05) is 60.7 Å². The lowest BCUT2D eigenvalue weighted by molar-refractivity contribution is 1.25. The summed E-state index contributed by atoms with van der Waals surface area (Å²) >= 11 is 0. The van der Waals surface area contributed by atoms with Crippen molar-refractivity contribution in [1.29, 1.82) is 0 Å². The molecule has 0 saturated heterocycles. The Balaban J connectivity index is 1.82. The third kappa shape index (κ3) is 1.46. The summed E-state index contributed by atoms with van der Waals surface area (Å²) in [6, 6.07) is 8.85. The number of nitrogens with zero attached hydrogens (tertiary/aromatic N) is 2. The lowest BCUT2D eigenvalue weighted by Crippen LogP contribution is -2.30. The molecule has 2 nitrogen and oxygen atoms in total. The van der Waals surface area contributed by atoms with Crippen molar-refractivity contribution in [3.63, 3.8) is 0 Å². The summed E-state index contributed by atoms with van der Waals surface area (Å²) in [6.45, 7) is 0. The highest BCUT2D eigenvalue weighted by atomic mass is 14.8. The molecule has 4 aliphatic rings. The predicted octanol–water partition coefficient (Wildman–Crippen LogP) is 2.10. The van der Waals surface area contributed by atoms with Gasteiger partial charge < -0.3 is 0 Å². The maximum absolute atomic E-state index is 4.91. The first-order chi connectivity index (χ1) is 11.9. The Morgan fingerprint density at radius 3 is 1.62 bits per heavy atom. The minimum absolute atomic E-state index is 0.970. The molecule has 0 aromatic heterocycles. The number of hydrogen-bond acceptors (Lipinski definition) is 2. The highest BCUT2D eigenvalue weighted by molar-refractivity contribution is 5.88. The Kier molecular flexibility index (Phi) is 2.22. The topological polar surface area (TPSA) is 24.7 Å². The molecule has 2 heteroatoms. The zero-order valence-corrected chi connectivity index (χ0v) is 13.1. The maximum atomic E-state index is 4.91. The van der Waals surface area contributed by atoms with Crippen LogP contribution in [0.5, 0.6) is 0 Å². The van der Waals surface area contributed by atoms with Gasteiger partial charge in [-0.3, -0.25) is 0 Å². The first kappa shape index (κ1) is 12.4. The van der Waals surface area contributed by atoms with Gasteiger partial charge in [-0.2, -0.15) is 0 Å². The van der Waals surface area contributed by atoms with Crippen molar-refractivity contribution in [1.82, 2.24) is 0 Å². The minimum Gasteiger partial charge on any atom is -0.247 e. The summed E-state index contributed by atoms with van der Waals surface area (Å²) in [6.07, 6.45) is 15.2. The lowest BCUT2D eigenvalue weighted by atomic mass is 10.0. The van der Waals surface area contributed by atoms with Crippen LogP contribution in [0.4, 0.5) is 0 Å². The van der Waals surface area contributed by atoms with E-state index in [0.717, 1.165) is 35.0 Å². The zero-order valence-electron chi connectivity index (χ0n) is 13.1. The van der Waals surface area contributed by atoms with E-state index in [1.165, 1.54) is 32.4 Å². The van der Waals surface area contributed by atoms with Crippen LogP contribution < -0.4 is 21.2 Å². The molecule has 0 atom stereocenters. The first-order valence-electron chi connectivity index (χ1n) is 8.42. The second-order valence-corrected chi connectivity index (χ2v) is 6.52. The summed E-state index contributed by atoms with van der Waals surface area (Å²) in [4.78, 5) is 9.83. The van der Waals surface area contributed by atoms with Crippen LogP contribution in [0.2, 0.25) is 0 Å². The molecule has 0 unspecified atom stereocenters. The van der Waals surface area contributed by atoms with Crippen molar-refractivity contribution >= 4 is 21.9 Å². The number of rotatable bonds is 0. The lowest BCUT2D eigenvalue weighted by Gasteiger charge is -2.01. The molecule has 0 N–H and O–H groups in total. The number of allylic oxidation sites excluding steroid dienone is 6. The van der Waals surface area contributed by atoms with Gasteiger partial charge in [0.1, 0.15) is 0 Å². The molecule has 112 valence electrons. The molecule has 2 aliphatic carbocycles. The molecule has 2 aromatic rings. The van der Waals surface area contributed by atoms with Gasteiger partial charge in [-0.15, -0.1) is 0 Å². The molecule has 0 saturated carbocycles. The second-order valence-electron chi connectivity index (χ2n) is 6.52. The van der Waals surface area contributed by atoms with Crippen LogP contribution in [0.15, 0.2) is 82.1 Å². The Morgan fingerprint density at radius 2 is 1.12 bits per heavy atom. The van der Waals surface area contributed by atoms with Gasteiger partial charge in [0.2, 0.25) is 0 Å². The zero-order chi connectivity index (χ0) is 15.7. The fourth-order valence-electron chi connectivity index (χ4n) is 4.08. The first-order valence-corrected chi connectivity index (χ1v) is 8.42. The molecule has 2 aliphatic heterocycles. The van der Waals surface area contributed by atoms with Crippen molar-refractivity contribution in [3.05, 3.63) is 93.3 Å². The third-order valence-electron chi connectivity index (χ3n) is 5.20.